The van der Waals surface area contributed by atoms with Gasteiger partial charge < -0.3 is 9.80 Å². The molecule has 0 aromatic heterocycles. The maximum Gasteiger partial charge on any atom is 0.256 e. The van der Waals surface area contributed by atoms with Crippen LogP contribution in [0.3, 0.4) is 0 Å². The van der Waals surface area contributed by atoms with Gasteiger partial charge in [-0.15, -0.1) is 0 Å². The molecule has 18 heavy (non-hydrogen) atoms. The molecule has 1 aliphatic rings. The topological polar surface area (TPSA) is 23.6 Å². The number of carbonyl (C=O) groups excluding carboxylic acids is 1. The summed E-state index contributed by atoms with van der Waals surface area (Å²) in [5, 5.41) is 0. The molecule has 98 valence electrons. The van der Waals surface area contributed by atoms with E-state index in [0.29, 0.717) is 23.6 Å². The number of likely N-dealkylation sites (tertiary alicyclic amines) is 1. The lowest BCUT2D eigenvalue weighted by Crippen LogP contribution is -2.34. The van der Waals surface area contributed by atoms with Crippen molar-refractivity contribution in [2.24, 2.45) is 0 Å². The summed E-state index contributed by atoms with van der Waals surface area (Å²) in [4.78, 5) is 16.0. The Morgan fingerprint density at radius 1 is 1.50 bits per heavy atom. The summed E-state index contributed by atoms with van der Waals surface area (Å²) in [6.07, 6.45) is 0.941. The third-order valence-electron chi connectivity index (χ3n) is 3.34. The van der Waals surface area contributed by atoms with Crippen molar-refractivity contribution in [2.75, 3.05) is 27.2 Å². The fraction of sp³-hybridized carbons (Fsp3) is 0.462. The van der Waals surface area contributed by atoms with Gasteiger partial charge in [0.25, 0.3) is 5.91 Å². The van der Waals surface area contributed by atoms with Crippen LogP contribution in [0.5, 0.6) is 0 Å². The first-order valence-electron chi connectivity index (χ1n) is 5.90. The highest BCUT2D eigenvalue weighted by molar-refractivity contribution is 9.10. The molecule has 0 bridgehead atoms. The summed E-state index contributed by atoms with van der Waals surface area (Å²) in [7, 11) is 4.00. The summed E-state index contributed by atoms with van der Waals surface area (Å²) in [5.74, 6) is -0.688. The number of nitrogens with zero attached hydrogens (tertiary/aromatic N) is 2. The lowest BCUT2D eigenvalue weighted by molar-refractivity contribution is 0.0778. The van der Waals surface area contributed by atoms with Gasteiger partial charge in [-0.3, -0.25) is 4.79 Å². The van der Waals surface area contributed by atoms with Crippen molar-refractivity contribution < 1.29 is 9.18 Å². The summed E-state index contributed by atoms with van der Waals surface area (Å²) >= 11 is 3.19. The smallest absolute Gasteiger partial charge is 0.256 e. The highest BCUT2D eigenvalue weighted by atomic mass is 79.9. The monoisotopic (exact) mass is 314 g/mol. The van der Waals surface area contributed by atoms with E-state index in [1.54, 1.807) is 11.0 Å². The van der Waals surface area contributed by atoms with Crippen LogP contribution in [0, 0.1) is 5.82 Å². The van der Waals surface area contributed by atoms with Crippen molar-refractivity contribution in [3.8, 4) is 0 Å². The zero-order valence-corrected chi connectivity index (χ0v) is 12.1. The fourth-order valence-electron chi connectivity index (χ4n) is 2.18. The van der Waals surface area contributed by atoms with Gasteiger partial charge in [0.05, 0.1) is 5.56 Å². The van der Waals surface area contributed by atoms with Gasteiger partial charge in [-0.1, -0.05) is 15.9 Å². The van der Waals surface area contributed by atoms with Crippen molar-refractivity contribution in [3.05, 3.63) is 34.1 Å². The van der Waals surface area contributed by atoms with Gasteiger partial charge in [0.2, 0.25) is 0 Å². The van der Waals surface area contributed by atoms with Gasteiger partial charge >= 0.3 is 0 Å². The molecule has 1 aromatic rings. The van der Waals surface area contributed by atoms with Crippen molar-refractivity contribution in [3.63, 3.8) is 0 Å². The molecule has 1 aliphatic heterocycles. The number of amides is 1. The van der Waals surface area contributed by atoms with E-state index in [4.69, 9.17) is 0 Å². The average Bonchev–Trinajstić information content (AvgIpc) is 2.77. The van der Waals surface area contributed by atoms with Gasteiger partial charge in [-0.25, -0.2) is 4.39 Å². The van der Waals surface area contributed by atoms with Crippen LogP contribution in [0.2, 0.25) is 0 Å². The van der Waals surface area contributed by atoms with E-state index < -0.39 is 5.82 Å². The van der Waals surface area contributed by atoms with Crippen LogP contribution < -0.4 is 0 Å². The van der Waals surface area contributed by atoms with Gasteiger partial charge in [0.15, 0.2) is 0 Å². The molecule has 1 amide bonds. The first-order valence-corrected chi connectivity index (χ1v) is 6.69. The Balaban J connectivity index is 2.13. The second-order valence-electron chi connectivity index (χ2n) is 4.78. The molecule has 1 saturated heterocycles. The second-order valence-corrected chi connectivity index (χ2v) is 5.70. The number of hydrogen-bond acceptors (Lipinski definition) is 2. The van der Waals surface area contributed by atoms with Crippen LogP contribution in [0.25, 0.3) is 0 Å². The molecule has 5 heteroatoms. The average molecular weight is 315 g/mol. The molecular weight excluding hydrogens is 299 g/mol. The highest BCUT2D eigenvalue weighted by Gasteiger charge is 2.29. The van der Waals surface area contributed by atoms with Crippen LogP contribution >= 0.6 is 15.9 Å². The van der Waals surface area contributed by atoms with Gasteiger partial charge in [0, 0.05) is 23.6 Å². The molecule has 1 aromatic carbocycles. The van der Waals surface area contributed by atoms with Crippen molar-refractivity contribution in [1.29, 1.82) is 0 Å². The molecule has 0 radical (unpaired) electrons. The minimum atomic E-state index is -0.470. The molecule has 0 saturated carbocycles. The Kier molecular flexibility index (Phi) is 4.02. The SMILES string of the molecule is CN(C)[C@H]1CCN(C(=O)c2ccc(Br)cc2F)C1. The first kappa shape index (κ1) is 13.5. The highest BCUT2D eigenvalue weighted by Crippen LogP contribution is 2.20. The first-order chi connectivity index (χ1) is 8.49. The van der Waals surface area contributed by atoms with Crippen molar-refractivity contribution in [2.45, 2.75) is 12.5 Å². The van der Waals surface area contributed by atoms with Crippen molar-refractivity contribution >= 4 is 21.8 Å². The minimum Gasteiger partial charge on any atom is -0.337 e. The van der Waals surface area contributed by atoms with Gasteiger partial charge in [0.1, 0.15) is 5.82 Å². The molecular formula is C13H16BrFN2O. The Bertz CT molecular complexity index is 464. The summed E-state index contributed by atoms with van der Waals surface area (Å²) in [5.41, 5.74) is 0.151. The van der Waals surface area contributed by atoms with Crippen LogP contribution in [-0.4, -0.2) is 48.9 Å². The van der Waals surface area contributed by atoms with Gasteiger partial charge in [-0.2, -0.15) is 0 Å². The Morgan fingerprint density at radius 3 is 2.78 bits per heavy atom. The summed E-state index contributed by atoms with van der Waals surface area (Å²) < 4.78 is 14.4. The quantitative estimate of drug-likeness (QED) is 0.836. The number of hydrogen-bond donors (Lipinski definition) is 0. The minimum absolute atomic E-state index is 0.151. The molecule has 2 rings (SSSR count). The summed E-state index contributed by atoms with van der Waals surface area (Å²) in [6.45, 7) is 1.36. The molecule has 0 spiro atoms. The zero-order valence-electron chi connectivity index (χ0n) is 10.5. The third-order valence-corrected chi connectivity index (χ3v) is 3.84. The maximum absolute atomic E-state index is 13.7. The Labute approximate surface area is 115 Å². The van der Waals surface area contributed by atoms with E-state index in [1.807, 2.05) is 14.1 Å². The number of likely N-dealkylation sites (N-methyl/N-ethyl adjacent to an activating group) is 1. The molecule has 1 heterocycles. The van der Waals surface area contributed by atoms with Crippen LogP contribution in [0.15, 0.2) is 22.7 Å². The van der Waals surface area contributed by atoms with E-state index in [-0.39, 0.29) is 11.5 Å². The number of rotatable bonds is 2. The fourth-order valence-corrected chi connectivity index (χ4v) is 2.51. The zero-order chi connectivity index (χ0) is 13.3. The van der Waals surface area contributed by atoms with Crippen LogP contribution in [-0.2, 0) is 0 Å². The summed E-state index contributed by atoms with van der Waals surface area (Å²) in [6, 6.07) is 4.92. The molecule has 3 nitrogen and oxygen atoms in total. The van der Waals surface area contributed by atoms with E-state index in [0.717, 1.165) is 6.42 Å². The van der Waals surface area contributed by atoms with E-state index in [9.17, 15) is 9.18 Å². The number of benzene rings is 1. The lowest BCUT2D eigenvalue weighted by atomic mass is 10.2. The lowest BCUT2D eigenvalue weighted by Gasteiger charge is -2.20. The number of halogens is 2. The predicted octanol–water partition coefficient (Wildman–Crippen LogP) is 2.36. The van der Waals surface area contributed by atoms with E-state index in [1.165, 1.54) is 12.1 Å². The van der Waals surface area contributed by atoms with Crippen LogP contribution in [0.1, 0.15) is 16.8 Å². The predicted molar refractivity (Wildman–Crippen MR) is 72.1 cm³/mol. The van der Waals surface area contributed by atoms with Crippen LogP contribution in [0.4, 0.5) is 4.39 Å². The standard InChI is InChI=1S/C13H16BrFN2O/c1-16(2)10-5-6-17(8-10)13(18)11-4-3-9(14)7-12(11)15/h3-4,7,10H,5-6,8H2,1-2H3/t10-/m0/s1. The molecule has 1 fully saturated rings. The molecule has 1 atom stereocenters. The molecule has 0 N–H and O–H groups in total. The van der Waals surface area contributed by atoms with E-state index in [2.05, 4.69) is 20.8 Å². The third kappa shape index (κ3) is 2.72. The largest absolute Gasteiger partial charge is 0.337 e. The Morgan fingerprint density at radius 2 is 2.22 bits per heavy atom. The van der Waals surface area contributed by atoms with Gasteiger partial charge in [-0.05, 0) is 38.7 Å². The maximum atomic E-state index is 13.7. The Hall–Kier alpha value is -0.940. The van der Waals surface area contributed by atoms with Crippen molar-refractivity contribution in [1.82, 2.24) is 9.80 Å². The second kappa shape index (κ2) is 5.36. The molecule has 0 aliphatic carbocycles. The van der Waals surface area contributed by atoms with E-state index >= 15 is 0 Å². The number of carbonyl (C=O) groups is 1. The normalized spacial score (nSPS) is 19.6. The molecule has 0 unspecified atom stereocenters.